The summed E-state index contributed by atoms with van der Waals surface area (Å²) in [5.74, 6) is 0.180. The van der Waals surface area contributed by atoms with Gasteiger partial charge in [0, 0.05) is 24.9 Å². The van der Waals surface area contributed by atoms with E-state index in [0.717, 1.165) is 12.8 Å². The van der Waals surface area contributed by atoms with Crippen molar-refractivity contribution in [2.45, 2.75) is 70.6 Å². The molecule has 4 nitrogen and oxygen atoms in total. The molecular weight excluding hydrogens is 230 g/mol. The Morgan fingerprint density at radius 2 is 1.83 bits per heavy atom. The van der Waals surface area contributed by atoms with Gasteiger partial charge >= 0.3 is 5.97 Å². The normalized spacial score (nSPS) is 29.2. The average molecular weight is 253 g/mol. The summed E-state index contributed by atoms with van der Waals surface area (Å²) in [6, 6.07) is 0.523. The lowest BCUT2D eigenvalue weighted by Gasteiger charge is -2.45. The standard InChI is InChI=1S/C14H23NO3/c1-14(2,3)18-13(17)9-15-10-5-4-6-11(15)8-12(16)7-10/h10-11H,4-9H2,1-3H3. The second-order valence-electron chi connectivity index (χ2n) is 6.44. The lowest BCUT2D eigenvalue weighted by Crippen LogP contribution is -2.54. The molecule has 0 aromatic heterocycles. The fourth-order valence-corrected chi connectivity index (χ4v) is 3.05. The van der Waals surface area contributed by atoms with Gasteiger partial charge < -0.3 is 4.74 Å². The maximum atomic E-state index is 11.9. The molecule has 2 fully saturated rings. The number of esters is 1. The van der Waals surface area contributed by atoms with Gasteiger partial charge in [0.15, 0.2) is 0 Å². The van der Waals surface area contributed by atoms with Crippen molar-refractivity contribution in [2.75, 3.05) is 6.54 Å². The zero-order chi connectivity index (χ0) is 13.3. The predicted octanol–water partition coefficient (Wildman–Crippen LogP) is 1.91. The fraction of sp³-hybridized carbons (Fsp3) is 0.857. The number of fused-ring (bicyclic) bond motifs is 2. The third-order valence-corrected chi connectivity index (χ3v) is 3.67. The minimum atomic E-state index is -0.433. The third-order valence-electron chi connectivity index (χ3n) is 3.67. The molecule has 2 atom stereocenters. The Morgan fingerprint density at radius 1 is 1.28 bits per heavy atom. The quantitative estimate of drug-likeness (QED) is 0.705. The van der Waals surface area contributed by atoms with Crippen molar-refractivity contribution >= 4 is 11.8 Å². The summed E-state index contributed by atoms with van der Waals surface area (Å²) in [5.41, 5.74) is -0.433. The van der Waals surface area contributed by atoms with Gasteiger partial charge in [0.25, 0.3) is 0 Å². The molecule has 2 saturated heterocycles. The molecule has 2 rings (SSSR count). The van der Waals surface area contributed by atoms with Crippen molar-refractivity contribution in [3.63, 3.8) is 0 Å². The van der Waals surface area contributed by atoms with E-state index in [1.165, 1.54) is 6.42 Å². The van der Waals surface area contributed by atoms with Crippen LogP contribution in [0.4, 0.5) is 0 Å². The number of hydrogen-bond acceptors (Lipinski definition) is 4. The number of nitrogens with zero attached hydrogens (tertiary/aromatic N) is 1. The molecule has 18 heavy (non-hydrogen) atoms. The summed E-state index contributed by atoms with van der Waals surface area (Å²) in [7, 11) is 0. The molecule has 0 N–H and O–H groups in total. The minimum absolute atomic E-state index is 0.172. The Bertz CT molecular complexity index is 329. The molecule has 2 bridgehead atoms. The van der Waals surface area contributed by atoms with E-state index >= 15 is 0 Å². The predicted molar refractivity (Wildman–Crippen MR) is 68.2 cm³/mol. The van der Waals surface area contributed by atoms with Crippen LogP contribution in [0.25, 0.3) is 0 Å². The average Bonchev–Trinajstić information content (AvgIpc) is 2.16. The second kappa shape index (κ2) is 5.00. The number of Topliss-reactive ketones (excluding diaryl/α,β-unsaturated/α-hetero) is 1. The van der Waals surface area contributed by atoms with Gasteiger partial charge in [-0.3, -0.25) is 14.5 Å². The highest BCUT2D eigenvalue weighted by molar-refractivity contribution is 5.81. The first-order valence-electron chi connectivity index (χ1n) is 6.84. The molecule has 2 unspecified atom stereocenters. The Labute approximate surface area is 109 Å². The van der Waals surface area contributed by atoms with Crippen molar-refractivity contribution in [1.29, 1.82) is 0 Å². The Hall–Kier alpha value is -0.900. The lowest BCUT2D eigenvalue weighted by molar-refractivity contribution is -0.160. The molecule has 2 aliphatic heterocycles. The molecule has 102 valence electrons. The van der Waals surface area contributed by atoms with E-state index < -0.39 is 5.60 Å². The van der Waals surface area contributed by atoms with Crippen molar-refractivity contribution < 1.29 is 14.3 Å². The van der Waals surface area contributed by atoms with E-state index in [4.69, 9.17) is 4.74 Å². The number of piperidine rings is 2. The van der Waals surface area contributed by atoms with Crippen LogP contribution >= 0.6 is 0 Å². The fourth-order valence-electron chi connectivity index (χ4n) is 3.05. The van der Waals surface area contributed by atoms with Crippen LogP contribution in [0.15, 0.2) is 0 Å². The van der Waals surface area contributed by atoms with E-state index in [-0.39, 0.29) is 18.1 Å². The van der Waals surface area contributed by atoms with Gasteiger partial charge in [-0.05, 0) is 33.6 Å². The van der Waals surface area contributed by atoms with Crippen LogP contribution in [0.3, 0.4) is 0 Å². The van der Waals surface area contributed by atoms with Crippen LogP contribution in [0.1, 0.15) is 52.9 Å². The molecule has 0 saturated carbocycles. The van der Waals surface area contributed by atoms with Gasteiger partial charge in [0.05, 0.1) is 6.54 Å². The summed E-state index contributed by atoms with van der Waals surface area (Å²) in [6.07, 6.45) is 4.46. The summed E-state index contributed by atoms with van der Waals surface area (Å²) in [5, 5.41) is 0. The number of hydrogen-bond donors (Lipinski definition) is 0. The van der Waals surface area contributed by atoms with E-state index in [9.17, 15) is 9.59 Å². The lowest BCUT2D eigenvalue weighted by atomic mass is 9.84. The van der Waals surface area contributed by atoms with Crippen molar-refractivity contribution in [1.82, 2.24) is 4.90 Å². The molecule has 4 heteroatoms. The van der Waals surface area contributed by atoms with Crippen LogP contribution < -0.4 is 0 Å². The summed E-state index contributed by atoms with van der Waals surface area (Å²) < 4.78 is 5.37. The first-order valence-corrected chi connectivity index (χ1v) is 6.84. The van der Waals surface area contributed by atoms with Gasteiger partial charge in [-0.25, -0.2) is 0 Å². The summed E-state index contributed by atoms with van der Waals surface area (Å²) in [4.78, 5) is 25.7. The molecule has 0 aliphatic carbocycles. The summed E-state index contributed by atoms with van der Waals surface area (Å²) in [6.45, 7) is 5.97. The number of rotatable bonds is 2. The van der Waals surface area contributed by atoms with E-state index in [0.29, 0.717) is 25.2 Å². The smallest absolute Gasteiger partial charge is 0.320 e. The zero-order valence-corrected chi connectivity index (χ0v) is 11.6. The first kappa shape index (κ1) is 13.5. The van der Waals surface area contributed by atoms with Crippen LogP contribution in [-0.4, -0.2) is 40.9 Å². The van der Waals surface area contributed by atoms with Crippen molar-refractivity contribution in [2.24, 2.45) is 0 Å². The van der Waals surface area contributed by atoms with E-state index in [2.05, 4.69) is 4.90 Å². The summed E-state index contributed by atoms with van der Waals surface area (Å²) >= 11 is 0. The van der Waals surface area contributed by atoms with Crippen LogP contribution in [0.5, 0.6) is 0 Å². The van der Waals surface area contributed by atoms with Gasteiger partial charge in [-0.15, -0.1) is 0 Å². The SMILES string of the molecule is CC(C)(C)OC(=O)CN1C2CCCC1CC(=O)C2. The number of carbonyl (C=O) groups is 2. The third kappa shape index (κ3) is 3.31. The topological polar surface area (TPSA) is 46.6 Å². The highest BCUT2D eigenvalue weighted by Gasteiger charge is 2.38. The monoisotopic (exact) mass is 253 g/mol. The van der Waals surface area contributed by atoms with E-state index in [1.54, 1.807) is 0 Å². The van der Waals surface area contributed by atoms with Gasteiger partial charge in [0.1, 0.15) is 11.4 Å². The molecule has 0 aromatic carbocycles. The molecule has 2 aliphatic rings. The maximum Gasteiger partial charge on any atom is 0.320 e. The van der Waals surface area contributed by atoms with Crippen molar-refractivity contribution in [3.05, 3.63) is 0 Å². The minimum Gasteiger partial charge on any atom is -0.459 e. The number of carbonyl (C=O) groups excluding carboxylic acids is 2. The van der Waals surface area contributed by atoms with Crippen LogP contribution in [0.2, 0.25) is 0 Å². The molecule has 0 radical (unpaired) electrons. The van der Waals surface area contributed by atoms with Gasteiger partial charge in [-0.2, -0.15) is 0 Å². The molecule has 0 amide bonds. The molecule has 0 spiro atoms. The second-order valence-corrected chi connectivity index (χ2v) is 6.44. The zero-order valence-electron chi connectivity index (χ0n) is 11.6. The van der Waals surface area contributed by atoms with Gasteiger partial charge in [-0.1, -0.05) is 6.42 Å². The van der Waals surface area contributed by atoms with Crippen LogP contribution in [-0.2, 0) is 14.3 Å². The molecule has 0 aromatic rings. The Balaban J connectivity index is 1.96. The molecular formula is C14H23NO3. The largest absolute Gasteiger partial charge is 0.459 e. The maximum absolute atomic E-state index is 11.9. The highest BCUT2D eigenvalue weighted by Crippen LogP contribution is 2.32. The van der Waals surface area contributed by atoms with Gasteiger partial charge in [0.2, 0.25) is 0 Å². The highest BCUT2D eigenvalue weighted by atomic mass is 16.6. The Kier molecular flexibility index (Phi) is 3.76. The number of ketones is 1. The Morgan fingerprint density at radius 3 is 2.33 bits per heavy atom. The van der Waals surface area contributed by atoms with Crippen LogP contribution in [0, 0.1) is 0 Å². The van der Waals surface area contributed by atoms with Crippen molar-refractivity contribution in [3.8, 4) is 0 Å². The van der Waals surface area contributed by atoms with E-state index in [1.807, 2.05) is 20.8 Å². The first-order chi connectivity index (χ1) is 8.35. The molecule has 2 heterocycles. The number of ether oxygens (including phenoxy) is 1.